The predicted molar refractivity (Wildman–Crippen MR) is 97.0 cm³/mol. The molecular formula is C19H20N2O2S. The Kier molecular flexibility index (Phi) is 4.34. The molecule has 0 aliphatic carbocycles. The first-order valence-electron chi connectivity index (χ1n) is 8.28. The van der Waals surface area contributed by atoms with Crippen molar-refractivity contribution in [3.8, 4) is 0 Å². The van der Waals surface area contributed by atoms with Crippen LogP contribution in [0.1, 0.15) is 17.4 Å². The van der Waals surface area contributed by atoms with Gasteiger partial charge in [-0.1, -0.05) is 18.2 Å². The van der Waals surface area contributed by atoms with Crippen LogP contribution >= 0.6 is 11.8 Å². The topological polar surface area (TPSA) is 38.4 Å². The van der Waals surface area contributed by atoms with Gasteiger partial charge in [-0.25, -0.2) is 0 Å². The Morgan fingerprint density at radius 2 is 2.08 bits per heavy atom. The molecule has 2 aromatic heterocycles. The van der Waals surface area contributed by atoms with Crippen molar-refractivity contribution < 1.29 is 9.21 Å². The number of hydrogen-bond donors (Lipinski definition) is 0. The molecule has 0 saturated carbocycles. The summed E-state index contributed by atoms with van der Waals surface area (Å²) >= 11 is 1.88. The summed E-state index contributed by atoms with van der Waals surface area (Å²) < 4.78 is 7.57. The van der Waals surface area contributed by atoms with Crippen LogP contribution < -0.4 is 0 Å². The van der Waals surface area contributed by atoms with Crippen molar-refractivity contribution in [2.24, 2.45) is 0 Å². The summed E-state index contributed by atoms with van der Waals surface area (Å²) in [5, 5.41) is 1.53. The SMILES string of the molecule is O=C(Cn1ccc2ccccc21)N1CCS[C@@H](c2ccco2)CC1. The van der Waals surface area contributed by atoms with Gasteiger partial charge in [0.15, 0.2) is 0 Å². The van der Waals surface area contributed by atoms with Crippen molar-refractivity contribution in [2.45, 2.75) is 18.2 Å². The minimum atomic E-state index is 0.192. The van der Waals surface area contributed by atoms with Crippen molar-refractivity contribution in [2.75, 3.05) is 18.8 Å². The molecule has 5 heteroatoms. The third-order valence-electron chi connectivity index (χ3n) is 4.54. The smallest absolute Gasteiger partial charge is 0.242 e. The molecule has 0 unspecified atom stereocenters. The van der Waals surface area contributed by atoms with Crippen LogP contribution in [0.25, 0.3) is 10.9 Å². The number of nitrogens with zero attached hydrogens (tertiary/aromatic N) is 2. The number of thioether (sulfide) groups is 1. The third-order valence-corrected chi connectivity index (χ3v) is 5.83. The third kappa shape index (κ3) is 3.08. The highest BCUT2D eigenvalue weighted by Gasteiger charge is 2.23. The molecule has 3 heterocycles. The average Bonchev–Trinajstić information content (AvgIpc) is 3.20. The van der Waals surface area contributed by atoms with E-state index in [1.165, 1.54) is 5.39 Å². The lowest BCUT2D eigenvalue weighted by molar-refractivity contribution is -0.131. The Hall–Kier alpha value is -2.14. The van der Waals surface area contributed by atoms with E-state index in [0.29, 0.717) is 11.8 Å². The maximum absolute atomic E-state index is 12.7. The van der Waals surface area contributed by atoms with E-state index >= 15 is 0 Å². The second kappa shape index (κ2) is 6.77. The van der Waals surface area contributed by atoms with Crippen LogP contribution in [-0.2, 0) is 11.3 Å². The second-order valence-electron chi connectivity index (χ2n) is 6.05. The van der Waals surface area contributed by atoms with Gasteiger partial charge in [0.2, 0.25) is 5.91 Å². The molecule has 0 N–H and O–H groups in total. The van der Waals surface area contributed by atoms with Crippen molar-refractivity contribution >= 4 is 28.6 Å². The predicted octanol–water partition coefficient (Wildman–Crippen LogP) is 3.94. The quantitative estimate of drug-likeness (QED) is 0.725. The van der Waals surface area contributed by atoms with Crippen molar-refractivity contribution in [3.63, 3.8) is 0 Å². The van der Waals surface area contributed by atoms with Crippen LogP contribution in [0, 0.1) is 0 Å². The Morgan fingerprint density at radius 1 is 1.17 bits per heavy atom. The van der Waals surface area contributed by atoms with E-state index in [2.05, 4.69) is 18.2 Å². The number of fused-ring (bicyclic) bond motifs is 1. The summed E-state index contributed by atoms with van der Waals surface area (Å²) in [4.78, 5) is 14.7. The van der Waals surface area contributed by atoms with Crippen molar-refractivity contribution in [3.05, 3.63) is 60.7 Å². The number of benzene rings is 1. The monoisotopic (exact) mass is 340 g/mol. The molecule has 1 aromatic carbocycles. The van der Waals surface area contributed by atoms with E-state index in [4.69, 9.17) is 4.42 Å². The Bertz CT molecular complexity index is 825. The average molecular weight is 340 g/mol. The first kappa shape index (κ1) is 15.4. The molecule has 0 bridgehead atoms. The molecule has 3 aromatic rings. The first-order chi connectivity index (χ1) is 11.8. The second-order valence-corrected chi connectivity index (χ2v) is 7.36. The highest BCUT2D eigenvalue weighted by molar-refractivity contribution is 7.99. The maximum atomic E-state index is 12.7. The van der Waals surface area contributed by atoms with Gasteiger partial charge in [-0.3, -0.25) is 4.79 Å². The zero-order chi connectivity index (χ0) is 16.4. The van der Waals surface area contributed by atoms with E-state index in [0.717, 1.165) is 36.5 Å². The van der Waals surface area contributed by atoms with Crippen LogP contribution in [0.4, 0.5) is 0 Å². The van der Waals surface area contributed by atoms with Crippen LogP contribution in [0.3, 0.4) is 0 Å². The molecule has 1 atom stereocenters. The maximum Gasteiger partial charge on any atom is 0.242 e. The number of rotatable bonds is 3. The van der Waals surface area contributed by atoms with Gasteiger partial charge in [0.25, 0.3) is 0 Å². The van der Waals surface area contributed by atoms with E-state index in [9.17, 15) is 4.79 Å². The minimum absolute atomic E-state index is 0.192. The fourth-order valence-corrected chi connectivity index (χ4v) is 4.43. The van der Waals surface area contributed by atoms with Gasteiger partial charge in [0, 0.05) is 30.6 Å². The van der Waals surface area contributed by atoms with E-state index in [-0.39, 0.29) is 5.91 Å². The molecule has 0 radical (unpaired) electrons. The zero-order valence-electron chi connectivity index (χ0n) is 13.4. The van der Waals surface area contributed by atoms with Crippen molar-refractivity contribution in [1.29, 1.82) is 0 Å². The Morgan fingerprint density at radius 3 is 2.96 bits per heavy atom. The van der Waals surface area contributed by atoms with Crippen LogP contribution in [0.5, 0.6) is 0 Å². The van der Waals surface area contributed by atoms with Crippen molar-refractivity contribution in [1.82, 2.24) is 9.47 Å². The molecule has 1 fully saturated rings. The lowest BCUT2D eigenvalue weighted by atomic mass is 10.2. The summed E-state index contributed by atoms with van der Waals surface area (Å²) in [6.45, 7) is 2.00. The molecule has 0 spiro atoms. The highest BCUT2D eigenvalue weighted by atomic mass is 32.2. The molecule has 24 heavy (non-hydrogen) atoms. The number of para-hydroxylation sites is 1. The van der Waals surface area contributed by atoms with E-state index in [1.807, 2.05) is 51.7 Å². The van der Waals surface area contributed by atoms with Gasteiger partial charge < -0.3 is 13.9 Å². The summed E-state index contributed by atoms with van der Waals surface area (Å²) in [5.41, 5.74) is 1.11. The minimum Gasteiger partial charge on any atom is -0.468 e. The summed E-state index contributed by atoms with van der Waals surface area (Å²) in [7, 11) is 0. The number of carbonyl (C=O) groups excluding carboxylic acids is 1. The summed E-state index contributed by atoms with van der Waals surface area (Å²) in [5.74, 6) is 2.16. The van der Waals surface area contributed by atoms with Gasteiger partial charge in [-0.15, -0.1) is 11.8 Å². The lowest BCUT2D eigenvalue weighted by Gasteiger charge is -2.20. The fraction of sp³-hybridized carbons (Fsp3) is 0.316. The molecule has 1 aliphatic heterocycles. The summed E-state index contributed by atoms with van der Waals surface area (Å²) in [6, 6.07) is 14.2. The van der Waals surface area contributed by atoms with Crippen LogP contribution in [-0.4, -0.2) is 34.2 Å². The van der Waals surface area contributed by atoms with Gasteiger partial charge >= 0.3 is 0 Å². The van der Waals surface area contributed by atoms with Gasteiger partial charge in [-0.05, 0) is 36.1 Å². The standard InChI is InChI=1S/C19H20N2O2S/c22-19(14-21-9-7-15-4-1-2-5-16(15)21)20-10-8-18(24-13-11-20)17-6-3-12-23-17/h1-7,9,12,18H,8,10-11,13-14H2/t18-/m1/s1. The molecule has 1 amide bonds. The van der Waals surface area contributed by atoms with Crippen LogP contribution in [0.2, 0.25) is 0 Å². The molecule has 124 valence electrons. The first-order valence-corrected chi connectivity index (χ1v) is 9.33. The number of carbonyl (C=O) groups is 1. The van der Waals surface area contributed by atoms with Crippen LogP contribution in [0.15, 0.2) is 59.3 Å². The number of furan rings is 1. The lowest BCUT2D eigenvalue weighted by Crippen LogP contribution is -2.35. The largest absolute Gasteiger partial charge is 0.468 e. The Labute approximate surface area is 145 Å². The molecule has 4 nitrogen and oxygen atoms in total. The Balaban J connectivity index is 1.43. The normalized spacial score (nSPS) is 18.7. The number of amides is 1. The van der Waals surface area contributed by atoms with E-state index in [1.54, 1.807) is 6.26 Å². The number of aromatic nitrogens is 1. The van der Waals surface area contributed by atoms with Gasteiger partial charge in [0.05, 0.1) is 11.5 Å². The van der Waals surface area contributed by atoms with Gasteiger partial charge in [0.1, 0.15) is 12.3 Å². The molecule has 1 aliphatic rings. The van der Waals surface area contributed by atoms with Gasteiger partial charge in [-0.2, -0.15) is 0 Å². The zero-order valence-corrected chi connectivity index (χ0v) is 14.2. The molecular weight excluding hydrogens is 320 g/mol. The summed E-state index contributed by atoms with van der Waals surface area (Å²) in [6.07, 6.45) is 4.66. The molecule has 1 saturated heterocycles. The highest BCUT2D eigenvalue weighted by Crippen LogP contribution is 2.34. The number of hydrogen-bond acceptors (Lipinski definition) is 3. The molecule has 4 rings (SSSR count). The fourth-order valence-electron chi connectivity index (χ4n) is 3.25. The van der Waals surface area contributed by atoms with E-state index < -0.39 is 0 Å².